The fourth-order valence-corrected chi connectivity index (χ4v) is 6.04. The second kappa shape index (κ2) is 21.1. The molecule has 1 aliphatic heterocycles. The quantitative estimate of drug-likeness (QED) is 0.0238. The van der Waals surface area contributed by atoms with Gasteiger partial charge in [-0.15, -0.1) is 11.6 Å². The van der Waals surface area contributed by atoms with Crippen LogP contribution in [0.1, 0.15) is 88.6 Å². The van der Waals surface area contributed by atoms with Crippen molar-refractivity contribution in [2.75, 3.05) is 12.5 Å². The fourth-order valence-electron chi connectivity index (χ4n) is 5.84. The molecular formula is C38H51ClFN3O14. The Balaban J connectivity index is 1.87. The number of alkyl halides is 2. The van der Waals surface area contributed by atoms with E-state index >= 15 is 4.39 Å². The Morgan fingerprint density at radius 2 is 1.53 bits per heavy atom. The first-order chi connectivity index (χ1) is 26.9. The molecule has 0 saturated carbocycles. The van der Waals surface area contributed by atoms with Crippen molar-refractivity contribution >= 4 is 41.4 Å². The van der Waals surface area contributed by atoms with Gasteiger partial charge in [0.1, 0.15) is 23.0 Å². The van der Waals surface area contributed by atoms with Crippen LogP contribution >= 0.6 is 11.6 Å². The number of hydrogen-bond donors (Lipinski definition) is 7. The largest absolute Gasteiger partial charge is 0.508 e. The van der Waals surface area contributed by atoms with E-state index in [0.29, 0.717) is 24.0 Å². The van der Waals surface area contributed by atoms with Crippen LogP contribution in [-0.2, 0) is 60.5 Å². The number of nitrogens with two attached hydrogens (primary N) is 2. The molecule has 0 amide bonds. The number of aromatic hydroxyl groups is 3. The average Bonchev–Trinajstić information content (AvgIpc) is 3.16. The van der Waals surface area contributed by atoms with Crippen LogP contribution in [0.15, 0.2) is 36.4 Å². The number of carbonyl (C=O) groups excluding carboxylic acids is 4. The first-order valence-corrected chi connectivity index (χ1v) is 18.9. The van der Waals surface area contributed by atoms with Crippen molar-refractivity contribution in [3.05, 3.63) is 53.1 Å². The van der Waals surface area contributed by atoms with E-state index in [4.69, 9.17) is 46.9 Å². The van der Waals surface area contributed by atoms with Gasteiger partial charge in [-0.3, -0.25) is 25.0 Å². The molecule has 7 atom stereocenters. The van der Waals surface area contributed by atoms with Gasteiger partial charge in [0.2, 0.25) is 12.4 Å². The Bertz CT molecular complexity index is 1740. The van der Waals surface area contributed by atoms with Gasteiger partial charge in [-0.2, -0.15) is 0 Å². The molecule has 4 unspecified atom stereocenters. The minimum atomic E-state index is -1.97. The molecule has 0 aliphatic carbocycles. The number of benzene rings is 2. The summed E-state index contributed by atoms with van der Waals surface area (Å²) in [6, 6.07) is 7.62. The van der Waals surface area contributed by atoms with Gasteiger partial charge < -0.3 is 49.8 Å². The minimum Gasteiger partial charge on any atom is -0.508 e. The molecule has 316 valence electrons. The Labute approximate surface area is 333 Å². The highest BCUT2D eigenvalue weighted by molar-refractivity contribution is 6.20. The summed E-state index contributed by atoms with van der Waals surface area (Å²) in [5.41, 5.74) is 5.16. The molecule has 2 aromatic rings. The highest BCUT2D eigenvalue weighted by atomic mass is 35.5. The number of halogens is 2. The summed E-state index contributed by atoms with van der Waals surface area (Å²) in [5.74, 6) is -0.685. The number of carbonyl (C=O) groups is 5. The Hall–Kier alpha value is -4.75. The molecule has 0 spiro atoms. The van der Waals surface area contributed by atoms with Crippen LogP contribution in [0.2, 0.25) is 0 Å². The molecule has 1 fully saturated rings. The zero-order valence-corrected chi connectivity index (χ0v) is 32.7. The van der Waals surface area contributed by atoms with Gasteiger partial charge in [0.25, 0.3) is 0 Å². The molecule has 1 saturated heterocycles. The van der Waals surface area contributed by atoms with Crippen molar-refractivity contribution in [3.8, 4) is 17.2 Å². The molecule has 0 radical (unpaired) electrons. The van der Waals surface area contributed by atoms with Gasteiger partial charge in [0, 0.05) is 32.1 Å². The predicted octanol–water partition coefficient (Wildman–Crippen LogP) is 3.25. The maximum Gasteiger partial charge on any atom is 0.329 e. The first-order valence-electron chi connectivity index (χ1n) is 18.3. The molecule has 0 aromatic heterocycles. The van der Waals surface area contributed by atoms with E-state index in [1.807, 2.05) is 0 Å². The molecule has 3 rings (SSSR count). The number of hydrazine groups is 1. The van der Waals surface area contributed by atoms with Crippen molar-refractivity contribution in [3.63, 3.8) is 0 Å². The van der Waals surface area contributed by atoms with Gasteiger partial charge in [-0.05, 0) is 67.5 Å². The lowest BCUT2D eigenvalue weighted by molar-refractivity contribution is -0.277. The van der Waals surface area contributed by atoms with Crippen LogP contribution in [0.25, 0.3) is 0 Å². The summed E-state index contributed by atoms with van der Waals surface area (Å²) in [6.07, 6.45) is -8.45. The van der Waals surface area contributed by atoms with Crippen LogP contribution in [0.4, 0.5) is 4.39 Å². The lowest BCUT2D eigenvalue weighted by Crippen LogP contribution is -2.61. The molecule has 19 heteroatoms. The van der Waals surface area contributed by atoms with Crippen molar-refractivity contribution in [1.82, 2.24) is 5.43 Å². The second-order valence-electron chi connectivity index (χ2n) is 14.0. The number of carboxylic acid groups (broad SMARTS) is 1. The summed E-state index contributed by atoms with van der Waals surface area (Å²) in [4.78, 5) is 64.2. The van der Waals surface area contributed by atoms with Crippen LogP contribution in [0.5, 0.6) is 17.2 Å². The van der Waals surface area contributed by atoms with E-state index in [-0.39, 0.29) is 55.7 Å². The topological polar surface area (TPSA) is 276 Å². The Kier molecular flexibility index (Phi) is 17.3. The highest BCUT2D eigenvalue weighted by Gasteiger charge is 2.51. The van der Waals surface area contributed by atoms with Crippen LogP contribution in [-0.4, -0.2) is 98.4 Å². The number of esters is 4. The van der Waals surface area contributed by atoms with Crippen molar-refractivity contribution in [2.24, 2.45) is 11.6 Å². The van der Waals surface area contributed by atoms with Crippen molar-refractivity contribution < 1.29 is 72.5 Å². The number of ether oxygens (including phenoxy) is 5. The first kappa shape index (κ1) is 46.6. The average molecular weight is 828 g/mol. The number of carboxylic acids is 1. The predicted molar refractivity (Wildman–Crippen MR) is 199 cm³/mol. The summed E-state index contributed by atoms with van der Waals surface area (Å²) < 4.78 is 43.8. The number of nitrogens with one attached hydrogen (secondary N) is 1. The highest BCUT2D eigenvalue weighted by Crippen LogP contribution is 2.35. The second-order valence-corrected chi connectivity index (χ2v) is 14.3. The Morgan fingerprint density at radius 1 is 0.912 bits per heavy atom. The Morgan fingerprint density at radius 3 is 2.12 bits per heavy atom. The molecule has 1 heterocycles. The number of phenolic OH excluding ortho intramolecular Hbond substituents is 3. The van der Waals surface area contributed by atoms with E-state index in [1.54, 1.807) is 13.8 Å². The third-order valence-electron chi connectivity index (χ3n) is 9.21. The van der Waals surface area contributed by atoms with Crippen molar-refractivity contribution in [2.45, 2.75) is 120 Å². The summed E-state index contributed by atoms with van der Waals surface area (Å²) in [6.45, 7) is 4.20. The maximum absolute atomic E-state index is 15.5. The number of rotatable bonds is 21. The zero-order valence-electron chi connectivity index (χ0n) is 31.9. The SMILES string of the molecule is CCCC(=O)O[C@H]1[C@H](OC(=O)CCC)COC(OC(=O)C(C)(CC(F)c2ccc(O)c(O)c2)NN)[C@@H]1OC(=O)CCCc1cc(CC(N)(CCl)C(=O)O)ccc1O. The van der Waals surface area contributed by atoms with Gasteiger partial charge in [0.15, 0.2) is 23.7 Å². The van der Waals surface area contributed by atoms with Gasteiger partial charge in [-0.1, -0.05) is 32.0 Å². The third-order valence-corrected chi connectivity index (χ3v) is 9.68. The van der Waals surface area contributed by atoms with Crippen LogP contribution in [0.3, 0.4) is 0 Å². The zero-order chi connectivity index (χ0) is 42.5. The standard InChI is InChI=1S/C38H51ClFN3O14/c1-4-7-29(47)54-28-19-53-34(57-36(52)37(3,43-42)18-24(40)22-12-14-26(45)27(46)16-22)33(32(28)55-30(48)8-5-2)56-31(49)10-6-9-23-15-21(11-13-25(23)44)17-38(41,20-39)35(50)51/h11-16,24,28,32-34,43-46H,4-10,17-20,41-42H2,1-3H3,(H,50,51)/t24?,28-,32+,33-,34?,37?,38?/m1/s1. The lowest BCUT2D eigenvalue weighted by atomic mass is 9.92. The fraction of sp³-hybridized carbons (Fsp3) is 0.553. The number of phenols is 3. The molecule has 2 aromatic carbocycles. The smallest absolute Gasteiger partial charge is 0.329 e. The monoisotopic (exact) mass is 827 g/mol. The third kappa shape index (κ3) is 12.9. The van der Waals surface area contributed by atoms with E-state index in [1.165, 1.54) is 31.2 Å². The molecule has 9 N–H and O–H groups in total. The van der Waals surface area contributed by atoms with Crippen molar-refractivity contribution in [1.29, 1.82) is 0 Å². The van der Waals surface area contributed by atoms with Crippen LogP contribution < -0.4 is 17.0 Å². The van der Waals surface area contributed by atoms with E-state index in [0.717, 1.165) is 12.1 Å². The summed E-state index contributed by atoms with van der Waals surface area (Å²) in [7, 11) is 0. The molecule has 57 heavy (non-hydrogen) atoms. The summed E-state index contributed by atoms with van der Waals surface area (Å²) >= 11 is 5.81. The lowest BCUT2D eigenvalue weighted by Gasteiger charge is -2.41. The molecule has 17 nitrogen and oxygen atoms in total. The van der Waals surface area contributed by atoms with Gasteiger partial charge >= 0.3 is 29.8 Å². The molecular weight excluding hydrogens is 777 g/mol. The maximum atomic E-state index is 15.5. The van der Waals surface area contributed by atoms with Crippen LogP contribution in [0, 0.1) is 0 Å². The molecule has 0 bridgehead atoms. The number of aryl methyl sites for hydroxylation is 1. The van der Waals surface area contributed by atoms with Gasteiger partial charge in [-0.25, -0.2) is 14.6 Å². The minimum absolute atomic E-state index is 0.00121. The van der Waals surface area contributed by atoms with E-state index in [9.17, 15) is 44.4 Å². The normalized spacial score (nSPS) is 20.6. The van der Waals surface area contributed by atoms with E-state index in [2.05, 4.69) is 5.43 Å². The van der Waals surface area contributed by atoms with Gasteiger partial charge in [0.05, 0.1) is 12.5 Å². The molecule has 1 aliphatic rings. The van der Waals surface area contributed by atoms with E-state index < -0.39 is 96.2 Å². The number of hydrogen-bond acceptors (Lipinski definition) is 16. The summed E-state index contributed by atoms with van der Waals surface area (Å²) in [5, 5.41) is 39.4. The number of aliphatic carboxylic acids is 1.